The molecule has 1 aromatic carbocycles. The highest BCUT2D eigenvalue weighted by atomic mass is 19.1. The molecule has 20 heavy (non-hydrogen) atoms. The Morgan fingerprint density at radius 2 is 2.35 bits per heavy atom. The van der Waals surface area contributed by atoms with Crippen molar-refractivity contribution in [2.75, 3.05) is 13.1 Å². The lowest BCUT2D eigenvalue weighted by Crippen LogP contribution is -2.20. The Balaban J connectivity index is 2.01. The lowest BCUT2D eigenvalue weighted by Gasteiger charge is -2.16. The molecule has 4 heteroatoms. The average Bonchev–Trinajstić information content (AvgIpc) is 2.87. The highest BCUT2D eigenvalue weighted by Gasteiger charge is 2.21. The molecule has 0 aliphatic carbocycles. The van der Waals surface area contributed by atoms with Gasteiger partial charge in [-0.1, -0.05) is 25.5 Å². The molecule has 3 nitrogen and oxygen atoms in total. The van der Waals surface area contributed by atoms with Gasteiger partial charge in [0.15, 0.2) is 0 Å². The molecule has 1 saturated heterocycles. The molecule has 1 unspecified atom stereocenters. The number of benzene rings is 1. The van der Waals surface area contributed by atoms with E-state index in [0.29, 0.717) is 17.7 Å². The van der Waals surface area contributed by atoms with Crippen molar-refractivity contribution in [1.82, 2.24) is 4.90 Å². The van der Waals surface area contributed by atoms with Crippen LogP contribution in [0.1, 0.15) is 30.9 Å². The third-order valence-electron chi connectivity index (χ3n) is 3.84. The van der Waals surface area contributed by atoms with E-state index in [1.54, 1.807) is 12.1 Å². The Kier molecular flexibility index (Phi) is 4.90. The maximum absolute atomic E-state index is 14.0. The van der Waals surface area contributed by atoms with E-state index in [4.69, 9.17) is 5.11 Å². The Morgan fingerprint density at radius 3 is 2.95 bits per heavy atom. The fourth-order valence-corrected chi connectivity index (χ4v) is 2.59. The van der Waals surface area contributed by atoms with Crippen LogP contribution in [0.3, 0.4) is 0 Å². The van der Waals surface area contributed by atoms with Gasteiger partial charge in [0.25, 0.3) is 0 Å². The van der Waals surface area contributed by atoms with Crippen LogP contribution in [0.2, 0.25) is 0 Å². The maximum Gasteiger partial charge on any atom is 0.328 e. The minimum atomic E-state index is -1.03. The molecule has 0 bridgehead atoms. The van der Waals surface area contributed by atoms with E-state index in [-0.39, 0.29) is 5.82 Å². The molecule has 1 aromatic rings. The summed E-state index contributed by atoms with van der Waals surface area (Å²) in [4.78, 5) is 12.7. The van der Waals surface area contributed by atoms with Crippen LogP contribution < -0.4 is 0 Å². The van der Waals surface area contributed by atoms with Gasteiger partial charge in [0.05, 0.1) is 0 Å². The molecule has 0 amide bonds. The Hall–Kier alpha value is -1.68. The molecule has 1 aliphatic heterocycles. The number of carboxylic acids is 1. The number of likely N-dealkylation sites (tertiary alicyclic amines) is 1. The van der Waals surface area contributed by atoms with Gasteiger partial charge in [0.1, 0.15) is 5.82 Å². The number of carboxylic acid groups (broad SMARTS) is 1. The summed E-state index contributed by atoms with van der Waals surface area (Å²) >= 11 is 0. The van der Waals surface area contributed by atoms with Gasteiger partial charge in [-0.05, 0) is 36.6 Å². The molecule has 1 N–H and O–H groups in total. The molecular formula is C16H20FNO2. The molecule has 2 rings (SSSR count). The summed E-state index contributed by atoms with van der Waals surface area (Å²) in [6, 6.07) is 4.89. The number of carbonyl (C=O) groups is 1. The minimum Gasteiger partial charge on any atom is -0.478 e. The molecule has 1 heterocycles. The minimum absolute atomic E-state index is 0.266. The van der Waals surface area contributed by atoms with Gasteiger partial charge in [-0.3, -0.25) is 4.90 Å². The average molecular weight is 277 g/mol. The van der Waals surface area contributed by atoms with Crippen LogP contribution in [-0.4, -0.2) is 29.1 Å². The molecule has 108 valence electrons. The van der Waals surface area contributed by atoms with Crippen LogP contribution in [0.4, 0.5) is 4.39 Å². The van der Waals surface area contributed by atoms with Crippen LogP contribution in [0.15, 0.2) is 24.3 Å². The quantitative estimate of drug-likeness (QED) is 0.840. The number of hydrogen-bond acceptors (Lipinski definition) is 2. The van der Waals surface area contributed by atoms with E-state index in [2.05, 4.69) is 11.8 Å². The second kappa shape index (κ2) is 6.66. The molecule has 0 radical (unpaired) electrons. The van der Waals surface area contributed by atoms with Crippen LogP contribution >= 0.6 is 0 Å². The smallest absolute Gasteiger partial charge is 0.328 e. The predicted molar refractivity (Wildman–Crippen MR) is 76.7 cm³/mol. The molecule has 1 atom stereocenters. The van der Waals surface area contributed by atoms with Crippen molar-refractivity contribution < 1.29 is 14.3 Å². The normalized spacial score (nSPS) is 19.8. The first-order valence-corrected chi connectivity index (χ1v) is 7.00. The third-order valence-corrected chi connectivity index (χ3v) is 3.84. The number of rotatable bonds is 5. The van der Waals surface area contributed by atoms with Gasteiger partial charge >= 0.3 is 5.97 Å². The van der Waals surface area contributed by atoms with Crippen molar-refractivity contribution >= 4 is 12.0 Å². The summed E-state index contributed by atoms with van der Waals surface area (Å²) < 4.78 is 14.0. The van der Waals surface area contributed by atoms with Gasteiger partial charge in [0.2, 0.25) is 0 Å². The molecule has 1 fully saturated rings. The van der Waals surface area contributed by atoms with Crippen molar-refractivity contribution in [3.05, 3.63) is 41.2 Å². The van der Waals surface area contributed by atoms with E-state index >= 15 is 0 Å². The van der Waals surface area contributed by atoms with E-state index in [9.17, 15) is 9.18 Å². The summed E-state index contributed by atoms with van der Waals surface area (Å²) in [5.41, 5.74) is 1.25. The second-order valence-electron chi connectivity index (χ2n) is 5.32. The fraction of sp³-hybridized carbons (Fsp3) is 0.438. The van der Waals surface area contributed by atoms with Gasteiger partial charge in [0, 0.05) is 24.7 Å². The lowest BCUT2D eigenvalue weighted by molar-refractivity contribution is -0.131. The molecule has 0 aromatic heterocycles. The van der Waals surface area contributed by atoms with Gasteiger partial charge < -0.3 is 5.11 Å². The first-order chi connectivity index (χ1) is 9.58. The zero-order valence-electron chi connectivity index (χ0n) is 11.7. The largest absolute Gasteiger partial charge is 0.478 e. The molecule has 0 spiro atoms. The summed E-state index contributed by atoms with van der Waals surface area (Å²) in [6.45, 7) is 4.89. The third kappa shape index (κ3) is 3.90. The second-order valence-corrected chi connectivity index (χ2v) is 5.32. The van der Waals surface area contributed by atoms with E-state index in [1.165, 1.54) is 25.0 Å². The zero-order valence-corrected chi connectivity index (χ0v) is 11.7. The van der Waals surface area contributed by atoms with Crippen LogP contribution in [0.5, 0.6) is 0 Å². The van der Waals surface area contributed by atoms with E-state index in [0.717, 1.165) is 25.1 Å². The van der Waals surface area contributed by atoms with Crippen molar-refractivity contribution in [2.24, 2.45) is 5.92 Å². The van der Waals surface area contributed by atoms with Crippen molar-refractivity contribution in [3.8, 4) is 0 Å². The van der Waals surface area contributed by atoms with Crippen LogP contribution in [-0.2, 0) is 11.3 Å². The number of nitrogens with zero attached hydrogens (tertiary/aromatic N) is 1. The Bertz CT molecular complexity index is 513. The van der Waals surface area contributed by atoms with Crippen LogP contribution in [0.25, 0.3) is 6.08 Å². The van der Waals surface area contributed by atoms with Gasteiger partial charge in [-0.15, -0.1) is 0 Å². The first kappa shape index (κ1) is 14.7. The highest BCUT2D eigenvalue weighted by molar-refractivity contribution is 5.85. The van der Waals surface area contributed by atoms with E-state index < -0.39 is 5.97 Å². The Labute approximate surface area is 118 Å². The number of aliphatic carboxylic acids is 1. The maximum atomic E-state index is 14.0. The SMILES string of the molecule is CCC1CCN(Cc2ccc(/C=C/C(=O)O)cc2F)C1. The monoisotopic (exact) mass is 277 g/mol. The molecule has 0 saturated carbocycles. The van der Waals surface area contributed by atoms with Gasteiger partial charge in [-0.2, -0.15) is 0 Å². The summed E-state index contributed by atoms with van der Waals surface area (Å²) in [5, 5.41) is 8.55. The molecular weight excluding hydrogens is 257 g/mol. The molecule has 1 aliphatic rings. The van der Waals surface area contributed by atoms with Crippen molar-refractivity contribution in [1.29, 1.82) is 0 Å². The van der Waals surface area contributed by atoms with E-state index in [1.807, 2.05) is 0 Å². The van der Waals surface area contributed by atoms with Crippen molar-refractivity contribution in [2.45, 2.75) is 26.3 Å². The lowest BCUT2D eigenvalue weighted by atomic mass is 10.1. The summed E-state index contributed by atoms with van der Waals surface area (Å²) in [7, 11) is 0. The fourth-order valence-electron chi connectivity index (χ4n) is 2.59. The highest BCUT2D eigenvalue weighted by Crippen LogP contribution is 2.22. The number of halogens is 1. The standard InChI is InChI=1S/C16H20FNO2/c1-2-12-7-8-18(10-12)11-14-5-3-13(9-15(14)17)4-6-16(19)20/h3-6,9,12H,2,7-8,10-11H2,1H3,(H,19,20)/b6-4+. The topological polar surface area (TPSA) is 40.5 Å². The van der Waals surface area contributed by atoms with Gasteiger partial charge in [-0.25, -0.2) is 9.18 Å². The zero-order chi connectivity index (χ0) is 14.5. The summed E-state index contributed by atoms with van der Waals surface area (Å²) in [6.07, 6.45) is 4.79. The predicted octanol–water partition coefficient (Wildman–Crippen LogP) is 3.16. The summed E-state index contributed by atoms with van der Waals surface area (Å²) in [5.74, 6) is -0.564. The van der Waals surface area contributed by atoms with Crippen molar-refractivity contribution in [3.63, 3.8) is 0 Å². The van der Waals surface area contributed by atoms with Crippen LogP contribution in [0, 0.1) is 11.7 Å². The number of hydrogen-bond donors (Lipinski definition) is 1. The first-order valence-electron chi connectivity index (χ1n) is 7.00. The Morgan fingerprint density at radius 1 is 1.55 bits per heavy atom.